The number of methoxy groups -OCH3 is 1. The molecule has 0 aliphatic heterocycles. The van der Waals surface area contributed by atoms with Crippen LogP contribution in [0.15, 0.2) is 54.6 Å². The number of rotatable bonds is 5. The van der Waals surface area contributed by atoms with Crippen LogP contribution in [0.5, 0.6) is 0 Å². The summed E-state index contributed by atoms with van der Waals surface area (Å²) in [7, 11) is 1.51. The van der Waals surface area contributed by atoms with Gasteiger partial charge in [0, 0.05) is 23.8 Å². The molecule has 0 fully saturated rings. The third-order valence-electron chi connectivity index (χ3n) is 3.50. The smallest absolute Gasteiger partial charge is 0.194 e. The van der Waals surface area contributed by atoms with Crippen molar-refractivity contribution >= 4 is 11.6 Å². The maximum absolute atomic E-state index is 12.3. The molecule has 21 heavy (non-hydrogen) atoms. The van der Waals surface area contributed by atoms with Crippen molar-refractivity contribution in [3.63, 3.8) is 0 Å². The first-order valence-electron chi connectivity index (χ1n) is 6.75. The van der Waals surface area contributed by atoms with Crippen LogP contribution in [0.4, 0.5) is 0 Å². The van der Waals surface area contributed by atoms with Gasteiger partial charge >= 0.3 is 0 Å². The SMILES string of the molecule is COC(C)(C)C(=O)c1ccc(C(=O)c2ccccc2)cc1. The number of ether oxygens (including phenoxy) is 1. The van der Waals surface area contributed by atoms with Gasteiger partial charge in [-0.1, -0.05) is 54.6 Å². The summed E-state index contributed by atoms with van der Waals surface area (Å²) in [6.07, 6.45) is 0. The third kappa shape index (κ3) is 3.26. The van der Waals surface area contributed by atoms with E-state index in [1.165, 1.54) is 7.11 Å². The second-order valence-electron chi connectivity index (χ2n) is 5.32. The Morgan fingerprint density at radius 3 is 1.81 bits per heavy atom. The number of ketones is 2. The lowest BCUT2D eigenvalue weighted by Crippen LogP contribution is -2.33. The summed E-state index contributed by atoms with van der Waals surface area (Å²) < 4.78 is 5.18. The summed E-state index contributed by atoms with van der Waals surface area (Å²) in [6.45, 7) is 3.44. The molecule has 3 heteroatoms. The van der Waals surface area contributed by atoms with Gasteiger partial charge in [-0.2, -0.15) is 0 Å². The molecule has 0 aliphatic rings. The van der Waals surface area contributed by atoms with E-state index in [4.69, 9.17) is 4.74 Å². The molecule has 2 rings (SSSR count). The topological polar surface area (TPSA) is 43.4 Å². The minimum Gasteiger partial charge on any atom is -0.371 e. The number of carbonyl (C=O) groups excluding carboxylic acids is 2. The largest absolute Gasteiger partial charge is 0.371 e. The third-order valence-corrected chi connectivity index (χ3v) is 3.50. The summed E-state index contributed by atoms with van der Waals surface area (Å²) in [4.78, 5) is 24.5. The van der Waals surface area contributed by atoms with Gasteiger partial charge in [-0.15, -0.1) is 0 Å². The van der Waals surface area contributed by atoms with Crippen LogP contribution in [0.25, 0.3) is 0 Å². The van der Waals surface area contributed by atoms with E-state index in [1.54, 1.807) is 50.2 Å². The van der Waals surface area contributed by atoms with Gasteiger partial charge in [0.1, 0.15) is 5.60 Å². The maximum Gasteiger partial charge on any atom is 0.194 e. The molecule has 0 heterocycles. The summed E-state index contributed by atoms with van der Waals surface area (Å²) >= 11 is 0. The minimum absolute atomic E-state index is 0.0550. The van der Waals surface area contributed by atoms with Crippen LogP contribution < -0.4 is 0 Å². The molecular formula is C18H18O3. The van der Waals surface area contributed by atoms with Crippen molar-refractivity contribution in [1.29, 1.82) is 0 Å². The van der Waals surface area contributed by atoms with Crippen molar-refractivity contribution in [2.24, 2.45) is 0 Å². The first-order valence-corrected chi connectivity index (χ1v) is 6.75. The van der Waals surface area contributed by atoms with Crippen molar-refractivity contribution in [3.8, 4) is 0 Å². The molecule has 0 N–H and O–H groups in total. The predicted octanol–water partition coefficient (Wildman–Crippen LogP) is 3.53. The van der Waals surface area contributed by atoms with Crippen LogP contribution in [-0.2, 0) is 4.74 Å². The van der Waals surface area contributed by atoms with Crippen molar-refractivity contribution in [3.05, 3.63) is 71.3 Å². The van der Waals surface area contributed by atoms with E-state index in [-0.39, 0.29) is 11.6 Å². The fraction of sp³-hybridized carbons (Fsp3) is 0.222. The lowest BCUT2D eigenvalue weighted by molar-refractivity contribution is 0.0228. The lowest BCUT2D eigenvalue weighted by Gasteiger charge is -2.21. The van der Waals surface area contributed by atoms with Gasteiger partial charge in [-0.3, -0.25) is 9.59 Å². The highest BCUT2D eigenvalue weighted by Gasteiger charge is 2.28. The zero-order valence-electron chi connectivity index (χ0n) is 12.4. The summed E-state index contributed by atoms with van der Waals surface area (Å²) in [5.41, 5.74) is 0.860. The highest BCUT2D eigenvalue weighted by Crippen LogP contribution is 2.18. The van der Waals surface area contributed by atoms with Crippen molar-refractivity contribution < 1.29 is 14.3 Å². The van der Waals surface area contributed by atoms with Gasteiger partial charge < -0.3 is 4.74 Å². The Balaban J connectivity index is 2.24. The molecule has 2 aromatic rings. The van der Waals surface area contributed by atoms with E-state index in [9.17, 15) is 9.59 Å². The minimum atomic E-state index is -0.870. The Kier molecular flexibility index (Phi) is 4.34. The lowest BCUT2D eigenvalue weighted by atomic mass is 9.94. The van der Waals surface area contributed by atoms with E-state index >= 15 is 0 Å². The maximum atomic E-state index is 12.3. The Hall–Kier alpha value is -2.26. The molecule has 0 spiro atoms. The average Bonchev–Trinajstić information content (AvgIpc) is 2.54. The highest BCUT2D eigenvalue weighted by atomic mass is 16.5. The fourth-order valence-electron chi connectivity index (χ4n) is 1.97. The van der Waals surface area contributed by atoms with Crippen LogP contribution in [0, 0.1) is 0 Å². The van der Waals surface area contributed by atoms with E-state index in [0.29, 0.717) is 16.7 Å². The summed E-state index contributed by atoms with van der Waals surface area (Å²) in [5.74, 6) is -0.163. The normalized spacial score (nSPS) is 11.2. The van der Waals surface area contributed by atoms with Gasteiger partial charge in [0.15, 0.2) is 11.6 Å². The second-order valence-corrected chi connectivity index (χ2v) is 5.32. The average molecular weight is 282 g/mol. The molecule has 0 bridgehead atoms. The molecule has 0 aromatic heterocycles. The summed E-state index contributed by atoms with van der Waals surface area (Å²) in [5, 5.41) is 0. The number of carbonyl (C=O) groups is 2. The number of hydrogen-bond donors (Lipinski definition) is 0. The highest BCUT2D eigenvalue weighted by molar-refractivity contribution is 6.09. The van der Waals surface area contributed by atoms with Crippen LogP contribution in [-0.4, -0.2) is 24.3 Å². The molecule has 0 unspecified atom stereocenters. The fourth-order valence-corrected chi connectivity index (χ4v) is 1.97. The molecule has 0 saturated heterocycles. The molecular weight excluding hydrogens is 264 g/mol. The van der Waals surface area contributed by atoms with Gasteiger partial charge in [0.2, 0.25) is 0 Å². The van der Waals surface area contributed by atoms with E-state index in [2.05, 4.69) is 0 Å². The van der Waals surface area contributed by atoms with Crippen LogP contribution >= 0.6 is 0 Å². The zero-order valence-corrected chi connectivity index (χ0v) is 12.4. The first kappa shape index (κ1) is 15.1. The Morgan fingerprint density at radius 2 is 1.29 bits per heavy atom. The van der Waals surface area contributed by atoms with Gasteiger partial charge in [0.05, 0.1) is 0 Å². The standard InChI is InChI=1S/C18H18O3/c1-18(2,21-3)17(20)15-11-9-14(10-12-15)16(19)13-7-5-4-6-8-13/h4-12H,1-3H3. The molecule has 0 amide bonds. The molecule has 0 saturated carbocycles. The molecule has 0 aliphatic carbocycles. The first-order chi connectivity index (χ1) is 9.95. The quantitative estimate of drug-likeness (QED) is 0.788. The molecule has 0 radical (unpaired) electrons. The van der Waals surface area contributed by atoms with Crippen LogP contribution in [0.3, 0.4) is 0 Å². The van der Waals surface area contributed by atoms with Crippen molar-refractivity contribution in [2.45, 2.75) is 19.4 Å². The predicted molar refractivity (Wildman–Crippen MR) is 81.7 cm³/mol. The molecule has 3 nitrogen and oxygen atoms in total. The van der Waals surface area contributed by atoms with Gasteiger partial charge in [-0.05, 0) is 13.8 Å². The Bertz CT molecular complexity index is 640. The van der Waals surface area contributed by atoms with E-state index < -0.39 is 5.60 Å². The van der Waals surface area contributed by atoms with Crippen molar-refractivity contribution in [1.82, 2.24) is 0 Å². The number of Topliss-reactive ketones (excluding diaryl/α,β-unsaturated/α-hetero) is 1. The van der Waals surface area contributed by atoms with E-state index in [0.717, 1.165) is 0 Å². The number of benzene rings is 2. The van der Waals surface area contributed by atoms with Gasteiger partial charge in [-0.25, -0.2) is 0 Å². The van der Waals surface area contributed by atoms with E-state index in [1.807, 2.05) is 18.2 Å². The van der Waals surface area contributed by atoms with Crippen LogP contribution in [0.1, 0.15) is 40.1 Å². The molecule has 0 atom stereocenters. The molecule has 2 aromatic carbocycles. The second kappa shape index (κ2) is 6.02. The Morgan fingerprint density at radius 1 is 0.810 bits per heavy atom. The summed E-state index contributed by atoms with van der Waals surface area (Å²) in [6, 6.07) is 15.7. The zero-order chi connectivity index (χ0) is 15.5. The molecule has 108 valence electrons. The van der Waals surface area contributed by atoms with Crippen molar-refractivity contribution in [2.75, 3.05) is 7.11 Å². The number of hydrogen-bond acceptors (Lipinski definition) is 3. The van der Waals surface area contributed by atoms with Gasteiger partial charge in [0.25, 0.3) is 0 Å². The monoisotopic (exact) mass is 282 g/mol. The van der Waals surface area contributed by atoms with Crippen LogP contribution in [0.2, 0.25) is 0 Å². The Labute approximate surface area is 124 Å².